The summed E-state index contributed by atoms with van der Waals surface area (Å²) in [5, 5.41) is 8.27. The number of thioether (sulfide) groups is 1. The Labute approximate surface area is 298 Å². The van der Waals surface area contributed by atoms with Gasteiger partial charge in [-0.15, -0.1) is 23.1 Å². The first kappa shape index (κ1) is 35.9. The predicted octanol–water partition coefficient (Wildman–Crippen LogP) is 5.98. The van der Waals surface area contributed by atoms with E-state index in [0.717, 1.165) is 10.4 Å². The lowest BCUT2D eigenvalue weighted by molar-refractivity contribution is -0.129. The summed E-state index contributed by atoms with van der Waals surface area (Å²) in [6.45, 7) is 4.08. The molecule has 11 nitrogen and oxygen atoms in total. The van der Waals surface area contributed by atoms with Crippen molar-refractivity contribution in [2.24, 2.45) is 0 Å². The van der Waals surface area contributed by atoms with Gasteiger partial charge in [-0.25, -0.2) is 4.79 Å². The summed E-state index contributed by atoms with van der Waals surface area (Å²) >= 11 is 2.54. The van der Waals surface area contributed by atoms with Crippen LogP contribution < -0.4 is 20.7 Å². The Bertz CT molecular complexity index is 1960. The molecule has 0 saturated heterocycles. The molecule has 4 aromatic rings. The molecular weight excluding hydrogens is 677 g/mol. The number of esters is 1. The third-order valence-corrected chi connectivity index (χ3v) is 10.1. The highest BCUT2D eigenvalue weighted by molar-refractivity contribution is 8.00. The van der Waals surface area contributed by atoms with Gasteiger partial charge in [0.1, 0.15) is 16.4 Å². The second-order valence-electron chi connectivity index (χ2n) is 11.2. The Balaban J connectivity index is 1.31. The van der Waals surface area contributed by atoms with E-state index in [2.05, 4.69) is 16.0 Å². The van der Waals surface area contributed by atoms with Gasteiger partial charge in [-0.3, -0.25) is 19.2 Å². The summed E-state index contributed by atoms with van der Waals surface area (Å²) in [5.74, 6) is -1.42. The third-order valence-electron chi connectivity index (χ3n) is 7.87. The standard InChI is InChI=1S/C37H36N4O7S2/c1-22(33(43)40-36-32(37(46)48-4)28-17-18-41(23(2)42)21-31(28)50-36)49-27-15-10-14-26(20-27)38-35(45)29(19-25-13-8-9-16-30(25)47-3)39-34(44)24-11-6-5-7-12-24/h5-16,19-20,22H,17-18,21H2,1-4H3,(H,38,45)(H,39,44)(H,40,43)/b29-19+. The Morgan fingerprint density at radius 3 is 2.40 bits per heavy atom. The zero-order chi connectivity index (χ0) is 35.8. The van der Waals surface area contributed by atoms with Crippen molar-refractivity contribution in [1.29, 1.82) is 0 Å². The molecule has 4 amide bonds. The predicted molar refractivity (Wildman–Crippen MR) is 194 cm³/mol. The van der Waals surface area contributed by atoms with Crippen molar-refractivity contribution < 1.29 is 33.4 Å². The van der Waals surface area contributed by atoms with Gasteiger partial charge < -0.3 is 30.3 Å². The van der Waals surface area contributed by atoms with Crippen LogP contribution in [0.25, 0.3) is 6.08 Å². The molecule has 50 heavy (non-hydrogen) atoms. The number of fused-ring (bicyclic) bond motifs is 1. The van der Waals surface area contributed by atoms with Gasteiger partial charge in [-0.05, 0) is 61.4 Å². The molecule has 0 fully saturated rings. The number of hydrogen-bond donors (Lipinski definition) is 3. The zero-order valence-electron chi connectivity index (χ0n) is 27.9. The molecule has 0 spiro atoms. The normalized spacial score (nSPS) is 13.0. The van der Waals surface area contributed by atoms with Crippen LogP contribution in [-0.2, 0) is 32.1 Å². The van der Waals surface area contributed by atoms with E-state index in [1.165, 1.54) is 44.2 Å². The van der Waals surface area contributed by atoms with E-state index in [0.29, 0.717) is 57.5 Å². The van der Waals surface area contributed by atoms with Crippen LogP contribution in [0.3, 0.4) is 0 Å². The average Bonchev–Trinajstić information content (AvgIpc) is 3.48. The number of rotatable bonds is 11. The van der Waals surface area contributed by atoms with Gasteiger partial charge in [0.2, 0.25) is 11.8 Å². The van der Waals surface area contributed by atoms with Crippen molar-refractivity contribution in [1.82, 2.24) is 10.2 Å². The van der Waals surface area contributed by atoms with E-state index in [9.17, 15) is 24.0 Å². The average molecular weight is 713 g/mol. The lowest BCUT2D eigenvalue weighted by Crippen LogP contribution is -2.33. The van der Waals surface area contributed by atoms with Gasteiger partial charge in [0.15, 0.2) is 0 Å². The lowest BCUT2D eigenvalue weighted by Gasteiger charge is -2.25. The molecule has 1 atom stereocenters. The van der Waals surface area contributed by atoms with E-state index in [-0.39, 0.29) is 17.5 Å². The van der Waals surface area contributed by atoms with Crippen LogP contribution in [0, 0.1) is 0 Å². The van der Waals surface area contributed by atoms with Crippen molar-refractivity contribution in [3.63, 3.8) is 0 Å². The minimum Gasteiger partial charge on any atom is -0.496 e. The molecular formula is C37H36N4O7S2. The lowest BCUT2D eigenvalue weighted by atomic mass is 10.0. The fraction of sp³-hybridized carbons (Fsp3) is 0.216. The SMILES string of the molecule is COC(=O)c1c(NC(=O)C(C)Sc2cccc(NC(=O)/C(=C\c3ccccc3OC)NC(=O)c3ccccc3)c2)sc2c1CCN(C(C)=O)C2. The van der Waals surface area contributed by atoms with Gasteiger partial charge in [-0.1, -0.05) is 42.5 Å². The van der Waals surface area contributed by atoms with E-state index in [1.54, 1.807) is 90.7 Å². The first-order chi connectivity index (χ1) is 24.1. The summed E-state index contributed by atoms with van der Waals surface area (Å²) in [7, 11) is 2.82. The summed E-state index contributed by atoms with van der Waals surface area (Å²) in [6, 6.07) is 22.7. The largest absolute Gasteiger partial charge is 0.496 e. The Morgan fingerprint density at radius 1 is 0.940 bits per heavy atom. The summed E-state index contributed by atoms with van der Waals surface area (Å²) in [5.41, 5.74) is 2.54. The van der Waals surface area contributed by atoms with Crippen molar-refractivity contribution >= 4 is 69.5 Å². The highest BCUT2D eigenvalue weighted by atomic mass is 32.2. The number of carbonyl (C=O) groups is 5. The molecule has 1 aliphatic rings. The first-order valence-corrected chi connectivity index (χ1v) is 17.4. The molecule has 5 rings (SSSR count). The van der Waals surface area contributed by atoms with Gasteiger partial charge in [0.05, 0.1) is 31.6 Å². The highest BCUT2D eigenvalue weighted by Gasteiger charge is 2.31. The van der Waals surface area contributed by atoms with Crippen LogP contribution in [0.4, 0.5) is 10.7 Å². The highest BCUT2D eigenvalue weighted by Crippen LogP contribution is 2.38. The van der Waals surface area contributed by atoms with E-state index < -0.39 is 23.0 Å². The Kier molecular flexibility index (Phi) is 11.7. The molecule has 3 N–H and O–H groups in total. The van der Waals surface area contributed by atoms with Gasteiger partial charge >= 0.3 is 5.97 Å². The third kappa shape index (κ3) is 8.60. The number of ether oxygens (including phenoxy) is 2. The van der Waals surface area contributed by atoms with Crippen LogP contribution in [0.1, 0.15) is 50.6 Å². The van der Waals surface area contributed by atoms with Crippen LogP contribution >= 0.6 is 23.1 Å². The van der Waals surface area contributed by atoms with Crippen LogP contribution in [0.15, 0.2) is 89.5 Å². The van der Waals surface area contributed by atoms with Gasteiger partial charge in [0.25, 0.3) is 11.8 Å². The van der Waals surface area contributed by atoms with Crippen LogP contribution in [0.2, 0.25) is 0 Å². The summed E-state index contributed by atoms with van der Waals surface area (Å²) in [4.78, 5) is 68.0. The number of nitrogens with one attached hydrogen (secondary N) is 3. The minimum atomic E-state index is -0.592. The van der Waals surface area contributed by atoms with Crippen LogP contribution in [0.5, 0.6) is 5.75 Å². The maximum absolute atomic E-state index is 13.6. The Hall–Kier alpha value is -5.40. The fourth-order valence-corrected chi connectivity index (χ4v) is 7.46. The topological polar surface area (TPSA) is 143 Å². The number of carbonyl (C=O) groups excluding carboxylic acids is 5. The maximum atomic E-state index is 13.6. The van der Waals surface area contributed by atoms with Crippen molar-refractivity contribution in [3.05, 3.63) is 112 Å². The summed E-state index contributed by atoms with van der Waals surface area (Å²) in [6.07, 6.45) is 2.03. The van der Waals surface area contributed by atoms with Gasteiger partial charge in [-0.2, -0.15) is 0 Å². The molecule has 0 bridgehead atoms. The number of anilines is 2. The number of nitrogens with zero attached hydrogens (tertiary/aromatic N) is 1. The number of thiophene rings is 1. The van der Waals surface area contributed by atoms with E-state index >= 15 is 0 Å². The quantitative estimate of drug-likeness (QED) is 0.0980. The number of hydrogen-bond acceptors (Lipinski definition) is 9. The first-order valence-electron chi connectivity index (χ1n) is 15.7. The Morgan fingerprint density at radius 2 is 1.68 bits per heavy atom. The number of para-hydroxylation sites is 1. The molecule has 0 aliphatic carbocycles. The molecule has 1 aromatic heterocycles. The monoisotopic (exact) mass is 712 g/mol. The molecule has 0 saturated carbocycles. The molecule has 1 unspecified atom stereocenters. The van der Waals surface area contributed by atoms with Crippen LogP contribution in [-0.4, -0.2) is 60.5 Å². The molecule has 0 radical (unpaired) electrons. The second kappa shape index (κ2) is 16.3. The molecule has 3 aromatic carbocycles. The van der Waals surface area contributed by atoms with Crippen molar-refractivity contribution in [3.8, 4) is 5.75 Å². The zero-order valence-corrected chi connectivity index (χ0v) is 29.5. The van der Waals surface area contributed by atoms with E-state index in [1.807, 2.05) is 6.07 Å². The van der Waals surface area contributed by atoms with Gasteiger partial charge in [0, 0.05) is 40.1 Å². The number of methoxy groups -OCH3 is 2. The van der Waals surface area contributed by atoms with Crippen molar-refractivity contribution in [2.45, 2.75) is 37.0 Å². The fourth-order valence-electron chi connectivity index (χ4n) is 5.28. The number of amides is 4. The minimum absolute atomic E-state index is 0.000587. The molecule has 13 heteroatoms. The molecule has 2 heterocycles. The number of benzene rings is 3. The molecule has 1 aliphatic heterocycles. The second-order valence-corrected chi connectivity index (χ2v) is 13.8. The smallest absolute Gasteiger partial charge is 0.341 e. The van der Waals surface area contributed by atoms with E-state index in [4.69, 9.17) is 9.47 Å². The molecule has 258 valence electrons. The maximum Gasteiger partial charge on any atom is 0.341 e. The van der Waals surface area contributed by atoms with Crippen molar-refractivity contribution in [2.75, 3.05) is 31.4 Å². The summed E-state index contributed by atoms with van der Waals surface area (Å²) < 4.78 is 10.5.